The molecular formula is C21H34N2O9. The fourth-order valence-electron chi connectivity index (χ4n) is 2.67. The number of unbranched alkanes of at least 4 members (excludes halogenated alkanes) is 1. The highest BCUT2D eigenvalue weighted by molar-refractivity contribution is 6.12. The fraction of sp³-hybridized carbons (Fsp3) is 0.714. The van der Waals surface area contributed by atoms with Crippen LogP contribution in [0.15, 0.2) is 12.2 Å². The summed E-state index contributed by atoms with van der Waals surface area (Å²) < 4.78 is 21.3. The summed E-state index contributed by atoms with van der Waals surface area (Å²) in [4.78, 5) is 46.6. The van der Waals surface area contributed by atoms with E-state index in [1.54, 1.807) is 0 Å². The highest BCUT2D eigenvalue weighted by atomic mass is 16.6. The van der Waals surface area contributed by atoms with Gasteiger partial charge in [0.1, 0.15) is 6.04 Å². The van der Waals surface area contributed by atoms with Crippen molar-refractivity contribution in [3.63, 3.8) is 0 Å². The summed E-state index contributed by atoms with van der Waals surface area (Å²) in [6.45, 7) is 4.76. The van der Waals surface area contributed by atoms with Crippen molar-refractivity contribution in [1.29, 1.82) is 0 Å². The summed E-state index contributed by atoms with van der Waals surface area (Å²) in [6.07, 6.45) is 4.58. The number of ether oxygens (including phenoxy) is 4. The zero-order valence-corrected chi connectivity index (χ0v) is 18.6. The Morgan fingerprint density at radius 2 is 1.41 bits per heavy atom. The molecule has 1 aliphatic heterocycles. The molecule has 0 spiro atoms. The molecule has 11 nitrogen and oxygen atoms in total. The number of nitrogens with one attached hydrogen (secondary N) is 1. The van der Waals surface area contributed by atoms with E-state index in [4.69, 9.17) is 24.1 Å². The maximum Gasteiger partial charge on any atom is 0.326 e. The van der Waals surface area contributed by atoms with E-state index in [1.165, 1.54) is 12.2 Å². The molecule has 32 heavy (non-hydrogen) atoms. The van der Waals surface area contributed by atoms with Crippen LogP contribution in [0.1, 0.15) is 32.6 Å². The standard InChI is InChI=1S/C21H34N2O9/c1-2-3-4-17(21(27)28)22-18(24)7-9-29-11-13-31-15-16-32-14-12-30-10-8-23-19(25)5-6-20(23)26/h5-6,17H,2-4,7-16H2,1H3,(H,22,24)(H,27,28). The van der Waals surface area contributed by atoms with Crippen LogP contribution in [0.2, 0.25) is 0 Å². The predicted molar refractivity (Wildman–Crippen MR) is 113 cm³/mol. The Kier molecular flexibility index (Phi) is 14.9. The van der Waals surface area contributed by atoms with E-state index >= 15 is 0 Å². The van der Waals surface area contributed by atoms with E-state index in [-0.39, 0.29) is 43.9 Å². The molecule has 0 aromatic rings. The summed E-state index contributed by atoms with van der Waals surface area (Å²) in [5.41, 5.74) is 0. The van der Waals surface area contributed by atoms with Gasteiger partial charge in [-0.05, 0) is 6.42 Å². The molecule has 182 valence electrons. The van der Waals surface area contributed by atoms with Crippen LogP contribution in [0.25, 0.3) is 0 Å². The minimum atomic E-state index is -1.03. The molecule has 0 bridgehead atoms. The van der Waals surface area contributed by atoms with Gasteiger partial charge in [0.15, 0.2) is 0 Å². The molecule has 0 saturated heterocycles. The van der Waals surface area contributed by atoms with Gasteiger partial charge in [-0.15, -0.1) is 0 Å². The Bertz CT molecular complexity index is 606. The van der Waals surface area contributed by atoms with Crippen molar-refractivity contribution in [1.82, 2.24) is 10.2 Å². The van der Waals surface area contributed by atoms with Gasteiger partial charge in [-0.2, -0.15) is 0 Å². The number of nitrogens with zero attached hydrogens (tertiary/aromatic N) is 1. The van der Waals surface area contributed by atoms with Gasteiger partial charge in [0.2, 0.25) is 5.91 Å². The third-order valence-electron chi connectivity index (χ3n) is 4.43. The number of imide groups is 1. The number of rotatable bonds is 20. The van der Waals surface area contributed by atoms with Crippen molar-refractivity contribution in [2.24, 2.45) is 0 Å². The van der Waals surface area contributed by atoms with E-state index in [2.05, 4.69) is 5.32 Å². The Morgan fingerprint density at radius 1 is 0.906 bits per heavy atom. The summed E-state index contributed by atoms with van der Waals surface area (Å²) >= 11 is 0. The van der Waals surface area contributed by atoms with Crippen LogP contribution < -0.4 is 5.32 Å². The minimum absolute atomic E-state index is 0.0929. The van der Waals surface area contributed by atoms with Crippen LogP contribution in [0.4, 0.5) is 0 Å². The zero-order chi connectivity index (χ0) is 23.6. The van der Waals surface area contributed by atoms with E-state index < -0.39 is 12.0 Å². The molecule has 0 fully saturated rings. The molecule has 1 heterocycles. The van der Waals surface area contributed by atoms with Crippen LogP contribution in [0, 0.1) is 0 Å². The van der Waals surface area contributed by atoms with Crippen molar-refractivity contribution in [2.45, 2.75) is 38.6 Å². The van der Waals surface area contributed by atoms with Gasteiger partial charge in [0.05, 0.1) is 59.4 Å². The molecule has 1 atom stereocenters. The smallest absolute Gasteiger partial charge is 0.326 e. The average molecular weight is 459 g/mol. The summed E-state index contributed by atoms with van der Waals surface area (Å²) in [7, 11) is 0. The predicted octanol–water partition coefficient (Wildman–Crippen LogP) is 0.128. The third-order valence-corrected chi connectivity index (χ3v) is 4.43. The third kappa shape index (κ3) is 12.5. The fourth-order valence-corrected chi connectivity index (χ4v) is 2.67. The number of carbonyl (C=O) groups is 4. The highest BCUT2D eigenvalue weighted by Crippen LogP contribution is 2.03. The average Bonchev–Trinajstić information content (AvgIpc) is 3.08. The first-order valence-corrected chi connectivity index (χ1v) is 10.8. The van der Waals surface area contributed by atoms with Crippen LogP contribution >= 0.6 is 0 Å². The second kappa shape index (κ2) is 17.2. The number of carboxylic acids is 1. The molecule has 0 aliphatic carbocycles. The lowest BCUT2D eigenvalue weighted by Gasteiger charge is -2.14. The van der Waals surface area contributed by atoms with E-state index in [9.17, 15) is 19.2 Å². The van der Waals surface area contributed by atoms with Gasteiger partial charge in [-0.3, -0.25) is 19.3 Å². The normalized spacial score (nSPS) is 14.2. The van der Waals surface area contributed by atoms with Crippen LogP contribution in [-0.2, 0) is 38.1 Å². The van der Waals surface area contributed by atoms with Gasteiger partial charge < -0.3 is 29.4 Å². The van der Waals surface area contributed by atoms with Gasteiger partial charge in [-0.1, -0.05) is 19.8 Å². The number of aliphatic carboxylic acids is 1. The lowest BCUT2D eigenvalue weighted by atomic mass is 10.1. The van der Waals surface area contributed by atoms with Crippen molar-refractivity contribution in [2.75, 3.05) is 59.4 Å². The number of carboxylic acid groups (broad SMARTS) is 1. The van der Waals surface area contributed by atoms with E-state index in [0.29, 0.717) is 46.1 Å². The summed E-state index contributed by atoms with van der Waals surface area (Å²) in [5.74, 6) is -2.02. The molecule has 0 radical (unpaired) electrons. The summed E-state index contributed by atoms with van der Waals surface area (Å²) in [5, 5.41) is 11.6. The maximum absolute atomic E-state index is 11.8. The Balaban J connectivity index is 1.85. The van der Waals surface area contributed by atoms with Crippen LogP contribution in [0.3, 0.4) is 0 Å². The van der Waals surface area contributed by atoms with Gasteiger partial charge >= 0.3 is 5.97 Å². The molecule has 0 saturated carbocycles. The maximum atomic E-state index is 11.8. The quantitative estimate of drug-likeness (QED) is 0.192. The lowest BCUT2D eigenvalue weighted by Crippen LogP contribution is -2.41. The number of amides is 3. The first-order chi connectivity index (χ1) is 15.5. The largest absolute Gasteiger partial charge is 0.480 e. The molecule has 11 heteroatoms. The minimum Gasteiger partial charge on any atom is -0.480 e. The topological polar surface area (TPSA) is 141 Å². The Hall–Kier alpha value is -2.34. The molecule has 0 aromatic carbocycles. The number of carbonyl (C=O) groups excluding carboxylic acids is 3. The van der Waals surface area contributed by atoms with Crippen molar-refractivity contribution < 1.29 is 43.2 Å². The second-order valence-corrected chi connectivity index (χ2v) is 6.96. The summed E-state index contributed by atoms with van der Waals surface area (Å²) in [6, 6.07) is -0.855. The second-order valence-electron chi connectivity index (χ2n) is 6.96. The molecule has 1 unspecified atom stereocenters. The van der Waals surface area contributed by atoms with Crippen molar-refractivity contribution in [3.05, 3.63) is 12.2 Å². The Morgan fingerprint density at radius 3 is 1.91 bits per heavy atom. The Labute approximate surface area is 188 Å². The molecule has 3 amide bonds. The number of hydrogen-bond acceptors (Lipinski definition) is 8. The first kappa shape index (κ1) is 27.7. The van der Waals surface area contributed by atoms with Gasteiger partial charge in [0, 0.05) is 18.6 Å². The van der Waals surface area contributed by atoms with E-state index in [0.717, 1.165) is 17.7 Å². The molecule has 1 rings (SSSR count). The first-order valence-electron chi connectivity index (χ1n) is 10.8. The van der Waals surface area contributed by atoms with Crippen LogP contribution in [-0.4, -0.2) is 99.1 Å². The van der Waals surface area contributed by atoms with E-state index in [1.807, 2.05) is 6.92 Å². The highest BCUT2D eigenvalue weighted by Gasteiger charge is 2.22. The SMILES string of the molecule is CCCCC(NC(=O)CCOCCOCCOCCOCCN1C(=O)C=CC1=O)C(=O)O. The molecule has 1 aliphatic rings. The van der Waals surface area contributed by atoms with Crippen LogP contribution in [0.5, 0.6) is 0 Å². The van der Waals surface area contributed by atoms with Gasteiger partial charge in [-0.25, -0.2) is 4.79 Å². The van der Waals surface area contributed by atoms with Crippen molar-refractivity contribution >= 4 is 23.7 Å². The lowest BCUT2D eigenvalue weighted by molar-refractivity contribution is -0.142. The van der Waals surface area contributed by atoms with Crippen molar-refractivity contribution in [3.8, 4) is 0 Å². The number of hydrogen-bond donors (Lipinski definition) is 2. The molecule has 0 aromatic heterocycles. The monoisotopic (exact) mass is 458 g/mol. The molecule has 2 N–H and O–H groups in total. The van der Waals surface area contributed by atoms with Gasteiger partial charge in [0.25, 0.3) is 11.8 Å². The zero-order valence-electron chi connectivity index (χ0n) is 18.6. The molecular weight excluding hydrogens is 424 g/mol.